The lowest BCUT2D eigenvalue weighted by Crippen LogP contribution is -2.11. The molecule has 1 aromatic heterocycles. The molecular weight excluding hydrogens is 408 g/mol. The van der Waals surface area contributed by atoms with Crippen LogP contribution in [0.15, 0.2) is 53.0 Å². The molecule has 1 N–H and O–H groups in total. The Morgan fingerprint density at radius 2 is 2.00 bits per heavy atom. The lowest BCUT2D eigenvalue weighted by Gasteiger charge is -2.01. The minimum Gasteiger partial charge on any atom is -0.298 e. The smallest absolute Gasteiger partial charge is 0.257 e. The number of halogens is 2. The van der Waals surface area contributed by atoms with Crippen molar-refractivity contribution in [2.45, 2.75) is 13.3 Å². The number of anilines is 1. The van der Waals surface area contributed by atoms with Crippen LogP contribution < -0.4 is 5.32 Å². The highest BCUT2D eigenvalue weighted by molar-refractivity contribution is 9.10. The molecule has 0 atom stereocenters. The SMILES string of the molecule is Cc1nc(NC(=O)c2ccc(Cl)cc2)sc1Cc1cccc(Br)c1. The van der Waals surface area contributed by atoms with Crippen LogP contribution in [0, 0.1) is 6.92 Å². The second kappa shape index (κ2) is 7.47. The maximum absolute atomic E-state index is 12.3. The zero-order chi connectivity index (χ0) is 17.1. The van der Waals surface area contributed by atoms with Gasteiger partial charge in [-0.3, -0.25) is 10.1 Å². The van der Waals surface area contributed by atoms with E-state index in [1.807, 2.05) is 19.1 Å². The molecule has 0 aliphatic heterocycles. The van der Waals surface area contributed by atoms with Gasteiger partial charge in [-0.2, -0.15) is 0 Å². The fourth-order valence-electron chi connectivity index (χ4n) is 2.25. The van der Waals surface area contributed by atoms with Gasteiger partial charge in [-0.05, 0) is 48.9 Å². The van der Waals surface area contributed by atoms with E-state index in [2.05, 4.69) is 38.4 Å². The summed E-state index contributed by atoms with van der Waals surface area (Å²) >= 11 is 10.8. The lowest BCUT2D eigenvalue weighted by molar-refractivity contribution is 0.102. The zero-order valence-electron chi connectivity index (χ0n) is 12.8. The number of carbonyl (C=O) groups excluding carboxylic acids is 1. The summed E-state index contributed by atoms with van der Waals surface area (Å²) < 4.78 is 1.05. The van der Waals surface area contributed by atoms with Crippen LogP contribution in [0.25, 0.3) is 0 Å². The standard InChI is InChI=1S/C18H14BrClN2OS/c1-11-16(10-12-3-2-4-14(19)9-12)24-18(21-11)22-17(23)13-5-7-15(20)8-6-13/h2-9H,10H2,1H3,(H,21,22,23). The molecule has 3 aromatic rings. The summed E-state index contributed by atoms with van der Waals surface area (Å²) in [5.74, 6) is -0.186. The summed E-state index contributed by atoms with van der Waals surface area (Å²) in [5, 5.41) is 4.07. The molecule has 0 bridgehead atoms. The molecular formula is C18H14BrClN2OS. The van der Waals surface area contributed by atoms with E-state index in [0.29, 0.717) is 15.7 Å². The van der Waals surface area contributed by atoms with Crippen molar-refractivity contribution >= 4 is 49.9 Å². The van der Waals surface area contributed by atoms with Crippen LogP contribution in [0.2, 0.25) is 5.02 Å². The maximum atomic E-state index is 12.3. The third-order valence-corrected chi connectivity index (χ3v) is 5.29. The fraction of sp³-hybridized carbons (Fsp3) is 0.111. The van der Waals surface area contributed by atoms with Crippen molar-refractivity contribution in [1.29, 1.82) is 0 Å². The molecule has 0 saturated heterocycles. The summed E-state index contributed by atoms with van der Waals surface area (Å²) in [4.78, 5) is 17.9. The average Bonchev–Trinajstić information content (AvgIpc) is 2.87. The predicted molar refractivity (Wildman–Crippen MR) is 103 cm³/mol. The summed E-state index contributed by atoms with van der Waals surface area (Å²) in [6, 6.07) is 15.0. The van der Waals surface area contributed by atoms with Gasteiger partial charge in [0.15, 0.2) is 5.13 Å². The van der Waals surface area contributed by atoms with Crippen molar-refractivity contribution in [2.75, 3.05) is 5.32 Å². The fourth-order valence-corrected chi connectivity index (χ4v) is 3.81. The van der Waals surface area contributed by atoms with Crippen LogP contribution in [-0.2, 0) is 6.42 Å². The Morgan fingerprint density at radius 3 is 2.71 bits per heavy atom. The van der Waals surface area contributed by atoms with Crippen LogP contribution in [-0.4, -0.2) is 10.9 Å². The molecule has 24 heavy (non-hydrogen) atoms. The lowest BCUT2D eigenvalue weighted by atomic mass is 10.1. The molecule has 0 aliphatic carbocycles. The largest absolute Gasteiger partial charge is 0.298 e. The van der Waals surface area contributed by atoms with E-state index >= 15 is 0 Å². The number of carbonyl (C=O) groups is 1. The number of rotatable bonds is 4. The number of nitrogens with zero attached hydrogens (tertiary/aromatic N) is 1. The Morgan fingerprint density at radius 1 is 1.25 bits per heavy atom. The minimum atomic E-state index is -0.186. The van der Waals surface area contributed by atoms with Gasteiger partial charge in [-0.1, -0.05) is 39.7 Å². The molecule has 2 aromatic carbocycles. The van der Waals surface area contributed by atoms with Crippen molar-refractivity contribution in [2.24, 2.45) is 0 Å². The summed E-state index contributed by atoms with van der Waals surface area (Å²) in [6.07, 6.45) is 0.791. The number of aryl methyl sites for hydroxylation is 1. The Bertz CT molecular complexity index is 877. The number of hydrogen-bond donors (Lipinski definition) is 1. The van der Waals surface area contributed by atoms with Gasteiger partial charge in [-0.25, -0.2) is 4.98 Å². The Balaban J connectivity index is 1.74. The number of benzene rings is 2. The van der Waals surface area contributed by atoms with Crippen molar-refractivity contribution in [1.82, 2.24) is 4.98 Å². The molecule has 6 heteroatoms. The first-order valence-corrected chi connectivity index (χ1v) is 9.27. The van der Waals surface area contributed by atoms with Crippen LogP contribution in [0.1, 0.15) is 26.5 Å². The molecule has 0 unspecified atom stereocenters. The minimum absolute atomic E-state index is 0.186. The van der Waals surface area contributed by atoms with E-state index in [-0.39, 0.29) is 5.91 Å². The van der Waals surface area contributed by atoms with Crippen LogP contribution in [0.5, 0.6) is 0 Å². The molecule has 1 amide bonds. The van der Waals surface area contributed by atoms with E-state index in [9.17, 15) is 4.79 Å². The molecule has 1 heterocycles. The quantitative estimate of drug-likeness (QED) is 0.586. The van der Waals surface area contributed by atoms with Gasteiger partial charge in [0.2, 0.25) is 0 Å². The number of aromatic nitrogens is 1. The molecule has 0 aliphatic rings. The van der Waals surface area contributed by atoms with Gasteiger partial charge in [0.1, 0.15) is 0 Å². The summed E-state index contributed by atoms with van der Waals surface area (Å²) in [6.45, 7) is 1.96. The van der Waals surface area contributed by atoms with Gasteiger partial charge >= 0.3 is 0 Å². The van der Waals surface area contributed by atoms with Crippen LogP contribution in [0.3, 0.4) is 0 Å². The van der Waals surface area contributed by atoms with Gasteiger partial charge < -0.3 is 0 Å². The molecule has 0 spiro atoms. The van der Waals surface area contributed by atoms with E-state index in [4.69, 9.17) is 11.6 Å². The number of hydrogen-bond acceptors (Lipinski definition) is 3. The van der Waals surface area contributed by atoms with E-state index in [0.717, 1.165) is 21.5 Å². The highest BCUT2D eigenvalue weighted by atomic mass is 79.9. The Hall–Kier alpha value is -1.69. The van der Waals surface area contributed by atoms with Crippen molar-refractivity contribution < 1.29 is 4.79 Å². The summed E-state index contributed by atoms with van der Waals surface area (Å²) in [7, 11) is 0. The molecule has 3 nitrogen and oxygen atoms in total. The average molecular weight is 422 g/mol. The highest BCUT2D eigenvalue weighted by Gasteiger charge is 2.12. The summed E-state index contributed by atoms with van der Waals surface area (Å²) in [5.41, 5.74) is 2.69. The normalized spacial score (nSPS) is 10.6. The van der Waals surface area contributed by atoms with E-state index in [1.165, 1.54) is 16.9 Å². The second-order valence-corrected chi connectivity index (χ2v) is 7.73. The highest BCUT2D eigenvalue weighted by Crippen LogP contribution is 2.26. The first-order chi connectivity index (χ1) is 11.5. The Kier molecular flexibility index (Phi) is 5.33. The predicted octanol–water partition coefficient (Wildman–Crippen LogP) is 5.71. The molecule has 0 radical (unpaired) electrons. The van der Waals surface area contributed by atoms with Crippen molar-refractivity contribution in [3.63, 3.8) is 0 Å². The topological polar surface area (TPSA) is 42.0 Å². The van der Waals surface area contributed by atoms with Gasteiger partial charge in [-0.15, -0.1) is 11.3 Å². The third-order valence-electron chi connectivity index (χ3n) is 3.47. The van der Waals surface area contributed by atoms with E-state index < -0.39 is 0 Å². The Labute approximate surface area is 157 Å². The number of thiazole rings is 1. The van der Waals surface area contributed by atoms with Crippen molar-refractivity contribution in [3.8, 4) is 0 Å². The molecule has 3 rings (SSSR count). The molecule has 0 fully saturated rings. The monoisotopic (exact) mass is 420 g/mol. The van der Waals surface area contributed by atoms with Crippen molar-refractivity contribution in [3.05, 3.63) is 79.7 Å². The van der Waals surface area contributed by atoms with E-state index in [1.54, 1.807) is 24.3 Å². The molecule has 0 saturated carbocycles. The molecule has 122 valence electrons. The first-order valence-electron chi connectivity index (χ1n) is 7.29. The van der Waals surface area contributed by atoms with Gasteiger partial charge in [0.05, 0.1) is 5.69 Å². The second-order valence-electron chi connectivity index (χ2n) is 5.30. The zero-order valence-corrected chi connectivity index (χ0v) is 16.0. The van der Waals surface area contributed by atoms with Crippen LogP contribution >= 0.6 is 38.9 Å². The van der Waals surface area contributed by atoms with Gasteiger partial charge in [0, 0.05) is 26.4 Å². The number of amides is 1. The number of nitrogens with one attached hydrogen (secondary N) is 1. The van der Waals surface area contributed by atoms with Crippen LogP contribution in [0.4, 0.5) is 5.13 Å². The maximum Gasteiger partial charge on any atom is 0.257 e. The first kappa shape index (κ1) is 17.1. The van der Waals surface area contributed by atoms with Gasteiger partial charge in [0.25, 0.3) is 5.91 Å². The third kappa shape index (κ3) is 4.23.